The summed E-state index contributed by atoms with van der Waals surface area (Å²) < 4.78 is 53.0. The summed E-state index contributed by atoms with van der Waals surface area (Å²) >= 11 is 0. The molecule has 10 nitrogen and oxygen atoms in total. The molecule has 0 aliphatic heterocycles. The van der Waals surface area contributed by atoms with Crippen LogP contribution >= 0.6 is 7.60 Å². The molecule has 3 N–H and O–H groups in total. The maximum absolute atomic E-state index is 12.0. The van der Waals surface area contributed by atoms with Gasteiger partial charge in [0.15, 0.2) is 0 Å². The molecule has 1 heterocycles. The zero-order valence-electron chi connectivity index (χ0n) is 13.0. The highest BCUT2D eigenvalue weighted by Crippen LogP contribution is 2.37. The van der Waals surface area contributed by atoms with Gasteiger partial charge in [0.25, 0.3) is 0 Å². The van der Waals surface area contributed by atoms with Crippen molar-refractivity contribution in [3.8, 4) is 0 Å². The molecule has 0 aromatic carbocycles. The Hall–Kier alpha value is -2.14. The summed E-state index contributed by atoms with van der Waals surface area (Å²) in [4.78, 5) is 44.8. The average molecular weight is 409 g/mol. The van der Waals surface area contributed by atoms with Crippen molar-refractivity contribution in [3.63, 3.8) is 0 Å². The monoisotopic (exact) mass is 409 g/mol. The highest BCUT2D eigenvalue weighted by atomic mass is 31.2. The smallest absolute Gasteiger partial charge is 0.379 e. The van der Waals surface area contributed by atoms with Crippen molar-refractivity contribution in [1.29, 1.82) is 0 Å². The van der Waals surface area contributed by atoms with Crippen LogP contribution in [0.4, 0.5) is 17.6 Å². The molecule has 0 saturated heterocycles. The molecule has 1 atom stereocenters. The van der Waals surface area contributed by atoms with Gasteiger partial charge in [-0.2, -0.15) is 22.8 Å². The molecule has 1 aromatic rings. The van der Waals surface area contributed by atoms with Crippen LogP contribution in [0.25, 0.3) is 0 Å². The Kier molecular flexibility index (Phi) is 14.1. The van der Waals surface area contributed by atoms with Crippen LogP contribution in [0.1, 0.15) is 12.1 Å². The average Bonchev–Trinajstić information content (AvgIpc) is 2.90. The molecule has 0 aliphatic rings. The molecule has 0 radical (unpaired) electrons. The van der Waals surface area contributed by atoms with Gasteiger partial charge in [-0.05, 0) is 12.8 Å². The number of rotatable bonds is 8. The van der Waals surface area contributed by atoms with Gasteiger partial charge in [-0.1, -0.05) is 5.21 Å². The molecule has 0 saturated carbocycles. The van der Waals surface area contributed by atoms with Crippen LogP contribution in [0.3, 0.4) is 0 Å². The number of aromatic nitrogens is 3. The van der Waals surface area contributed by atoms with Crippen molar-refractivity contribution in [1.82, 2.24) is 15.0 Å². The summed E-state index contributed by atoms with van der Waals surface area (Å²) in [5.41, 5.74) is 0.512. The van der Waals surface area contributed by atoms with Gasteiger partial charge in [-0.15, -0.1) is 5.10 Å². The Labute approximate surface area is 144 Å². The number of hydrogen-bond acceptors (Lipinski definition) is 6. The number of carbonyl (C=O) groups is 1. The van der Waals surface area contributed by atoms with E-state index >= 15 is 0 Å². The Balaban J connectivity index is 0. The van der Waals surface area contributed by atoms with Crippen LogP contribution in [0, 0.1) is 5.92 Å². The molecule has 26 heavy (non-hydrogen) atoms. The normalized spacial score (nSPS) is 11.5. The molecule has 15 heteroatoms. The van der Waals surface area contributed by atoms with Crippen molar-refractivity contribution in [3.05, 3.63) is 11.9 Å². The van der Waals surface area contributed by atoms with Crippen LogP contribution in [-0.4, -0.2) is 61.5 Å². The first-order valence-electron chi connectivity index (χ1n) is 6.60. The van der Waals surface area contributed by atoms with Gasteiger partial charge >= 0.3 is 26.4 Å². The first-order chi connectivity index (χ1) is 12.0. The third-order valence-electron chi connectivity index (χ3n) is 2.37. The summed E-state index contributed by atoms with van der Waals surface area (Å²) in [6, 6.07) is 0. The van der Waals surface area contributed by atoms with Crippen LogP contribution in [-0.2, 0) is 31.9 Å². The number of carboxylic acid groups (broad SMARTS) is 1. The number of carbonyl (C=O) groups excluding carboxylic acids is 2. The van der Waals surface area contributed by atoms with Crippen LogP contribution in [0.15, 0.2) is 6.20 Å². The van der Waals surface area contributed by atoms with Gasteiger partial charge in [-0.25, -0.2) is 0 Å². The third kappa shape index (κ3) is 16.7. The zero-order chi connectivity index (χ0) is 20.8. The Bertz CT molecular complexity index is 602. The molecule has 150 valence electrons. The van der Waals surface area contributed by atoms with Gasteiger partial charge in [0.1, 0.15) is 0 Å². The van der Waals surface area contributed by atoms with Crippen LogP contribution in [0.2, 0.25) is 0 Å². The lowest BCUT2D eigenvalue weighted by atomic mass is 10.2. The van der Waals surface area contributed by atoms with Crippen molar-refractivity contribution in [2.24, 2.45) is 5.92 Å². The summed E-state index contributed by atoms with van der Waals surface area (Å²) in [6.45, 7) is -4.34. The number of aliphatic carboxylic acids is 1. The summed E-state index contributed by atoms with van der Waals surface area (Å²) in [5, 5.41) is 16.3. The van der Waals surface area contributed by atoms with Crippen LogP contribution < -0.4 is 0 Å². The van der Waals surface area contributed by atoms with E-state index in [0.717, 1.165) is 0 Å². The molecule has 1 unspecified atom stereocenters. The molecule has 0 bridgehead atoms. The second-order valence-electron chi connectivity index (χ2n) is 4.44. The first kappa shape index (κ1) is 26.1. The van der Waals surface area contributed by atoms with E-state index in [-0.39, 0.29) is 12.7 Å². The van der Waals surface area contributed by atoms with E-state index in [2.05, 4.69) is 10.3 Å². The number of hydrogen-bond donors (Lipinski definition) is 3. The van der Waals surface area contributed by atoms with E-state index in [1.54, 1.807) is 0 Å². The van der Waals surface area contributed by atoms with Gasteiger partial charge < -0.3 is 14.9 Å². The second-order valence-corrected chi connectivity index (χ2v) is 6.13. The topological polar surface area (TPSA) is 160 Å². The third-order valence-corrected chi connectivity index (χ3v) is 3.28. The van der Waals surface area contributed by atoms with E-state index in [4.69, 9.17) is 24.5 Å². The van der Waals surface area contributed by atoms with Crippen molar-refractivity contribution >= 4 is 19.7 Å². The van der Waals surface area contributed by atoms with Crippen molar-refractivity contribution in [2.45, 2.75) is 26.1 Å². The van der Waals surface area contributed by atoms with E-state index in [0.29, 0.717) is 18.5 Å². The van der Waals surface area contributed by atoms with Crippen molar-refractivity contribution in [2.75, 3.05) is 12.8 Å². The molecule has 0 spiro atoms. The summed E-state index contributed by atoms with van der Waals surface area (Å²) in [6.07, 6.45) is 1.61. The minimum atomic E-state index is -4.42. The molecule has 0 amide bonds. The number of nitrogens with zero attached hydrogens (tertiary/aromatic N) is 3. The minimum Gasteiger partial charge on any atom is -0.481 e. The number of aryl methyl sites for hydroxylation is 1. The fourth-order valence-electron chi connectivity index (χ4n) is 1.52. The molecule has 0 fully saturated rings. The molecule has 1 rings (SSSR count). The standard InChI is InChI=1S/C9H15FN3O5P.CHF3.CO2/c10-3-1-2-8-5-13(12-11-8)4-7(9(14)15)6-19(16,17)18;2-1(3)4;2-1-3/h5,7H,1-4,6H2,(H,14,15)(H2,16,17,18);1H;. The SMILES string of the molecule is FC(F)F.O=C(O)C(Cn1cc(CCCF)nn1)CP(=O)(O)O.O=C=O. The van der Waals surface area contributed by atoms with Gasteiger partial charge in [0.05, 0.1) is 31.0 Å². The lowest BCUT2D eigenvalue weighted by Gasteiger charge is -2.12. The fraction of sp³-hybridized carbons (Fsp3) is 0.636. The Morgan fingerprint density at radius 2 is 1.81 bits per heavy atom. The molecular weight excluding hydrogens is 393 g/mol. The number of alkyl halides is 4. The summed E-state index contributed by atoms with van der Waals surface area (Å²) in [7, 11) is -4.42. The van der Waals surface area contributed by atoms with E-state index in [1.807, 2.05) is 0 Å². The molecule has 1 aromatic heterocycles. The highest BCUT2D eigenvalue weighted by molar-refractivity contribution is 7.51. The lowest BCUT2D eigenvalue weighted by Crippen LogP contribution is -2.24. The quantitative estimate of drug-likeness (QED) is 0.414. The van der Waals surface area contributed by atoms with E-state index in [1.165, 1.54) is 10.9 Å². The molecular formula is C11H16F4N3O7P. The predicted molar refractivity (Wildman–Crippen MR) is 74.5 cm³/mol. The summed E-state index contributed by atoms with van der Waals surface area (Å²) in [5.74, 6) is -2.57. The van der Waals surface area contributed by atoms with Crippen molar-refractivity contribution < 1.29 is 51.4 Å². The zero-order valence-corrected chi connectivity index (χ0v) is 13.9. The fourth-order valence-corrected chi connectivity index (χ4v) is 2.36. The van der Waals surface area contributed by atoms with E-state index < -0.39 is 39.0 Å². The lowest BCUT2D eigenvalue weighted by molar-refractivity contribution is -0.191. The van der Waals surface area contributed by atoms with Gasteiger partial charge in [-0.3, -0.25) is 18.4 Å². The highest BCUT2D eigenvalue weighted by Gasteiger charge is 2.28. The number of carboxylic acids is 1. The van der Waals surface area contributed by atoms with Crippen LogP contribution in [0.5, 0.6) is 0 Å². The minimum absolute atomic E-state index is 0.191. The first-order valence-corrected chi connectivity index (χ1v) is 8.40. The second kappa shape index (κ2) is 14.1. The predicted octanol–water partition coefficient (Wildman–Crippen LogP) is 0.654. The Morgan fingerprint density at radius 3 is 2.19 bits per heavy atom. The maximum Gasteiger partial charge on any atom is 0.379 e. The largest absolute Gasteiger partial charge is 0.481 e. The molecule has 0 aliphatic carbocycles. The van der Waals surface area contributed by atoms with Gasteiger partial charge in [0, 0.05) is 6.20 Å². The van der Waals surface area contributed by atoms with E-state index in [9.17, 15) is 26.9 Å². The maximum atomic E-state index is 12.0. The number of halogens is 4. The van der Waals surface area contributed by atoms with Gasteiger partial charge in [0.2, 0.25) is 0 Å². The Morgan fingerprint density at radius 1 is 1.31 bits per heavy atom.